The van der Waals surface area contributed by atoms with Crippen LogP contribution in [0.2, 0.25) is 0 Å². The first-order chi connectivity index (χ1) is 8.49. The second-order valence-corrected chi connectivity index (χ2v) is 4.26. The van der Waals surface area contributed by atoms with E-state index in [0.29, 0.717) is 6.42 Å². The molecule has 1 aromatic heterocycles. The van der Waals surface area contributed by atoms with Gasteiger partial charge in [0.1, 0.15) is 6.04 Å². The van der Waals surface area contributed by atoms with Crippen molar-refractivity contribution in [3.8, 4) is 0 Å². The summed E-state index contributed by atoms with van der Waals surface area (Å²) in [5.74, 6) is -1.04. The molecule has 4 N–H and O–H groups in total. The van der Waals surface area contributed by atoms with Gasteiger partial charge in [-0.05, 0) is 30.6 Å². The highest BCUT2D eigenvalue weighted by Crippen LogP contribution is 1.97. The maximum absolute atomic E-state index is 10.2. The Kier molecular flexibility index (Phi) is 8.59. The van der Waals surface area contributed by atoms with Crippen LogP contribution in [-0.2, 0) is 4.79 Å². The van der Waals surface area contributed by atoms with Crippen molar-refractivity contribution in [1.29, 1.82) is 0 Å². The number of pyridine rings is 1. The molecule has 0 radical (unpaired) electrons. The number of aromatic nitrogens is 1. The highest BCUT2D eigenvalue weighted by Gasteiger charge is 2.08. The van der Waals surface area contributed by atoms with E-state index in [1.165, 1.54) is 18.5 Å². The fourth-order valence-corrected chi connectivity index (χ4v) is 1.35. The minimum absolute atomic E-state index is 0.220. The van der Waals surface area contributed by atoms with E-state index in [9.17, 15) is 9.59 Å². The fourth-order valence-electron chi connectivity index (χ4n) is 0.858. The molecule has 18 heavy (non-hydrogen) atoms. The number of thioether (sulfide) groups is 1. The molecule has 1 rings (SSSR count). The van der Waals surface area contributed by atoms with Gasteiger partial charge in [-0.2, -0.15) is 11.8 Å². The van der Waals surface area contributed by atoms with Crippen LogP contribution in [0.3, 0.4) is 0 Å². The van der Waals surface area contributed by atoms with Gasteiger partial charge in [0.25, 0.3) is 0 Å². The second-order valence-electron chi connectivity index (χ2n) is 3.27. The monoisotopic (exact) mass is 272 g/mol. The molecule has 0 aliphatic heterocycles. The molecule has 0 fully saturated rings. The zero-order valence-corrected chi connectivity index (χ0v) is 10.8. The summed E-state index contributed by atoms with van der Waals surface area (Å²) < 4.78 is 0. The molecule has 1 atom stereocenters. The summed E-state index contributed by atoms with van der Waals surface area (Å²) in [4.78, 5) is 23.9. The molecule has 1 aromatic rings. The molecule has 0 unspecified atom stereocenters. The number of carboxylic acids is 2. The maximum atomic E-state index is 10.2. The van der Waals surface area contributed by atoms with Crippen molar-refractivity contribution in [2.75, 3.05) is 12.0 Å². The summed E-state index contributed by atoms with van der Waals surface area (Å²) in [7, 11) is 0. The van der Waals surface area contributed by atoms with Crippen LogP contribution in [0.15, 0.2) is 24.5 Å². The molecule has 7 heteroatoms. The summed E-state index contributed by atoms with van der Waals surface area (Å²) in [6.07, 6.45) is 5.32. The quantitative estimate of drug-likeness (QED) is 0.730. The van der Waals surface area contributed by atoms with Crippen LogP contribution in [0.5, 0.6) is 0 Å². The molecule has 0 saturated carbocycles. The van der Waals surface area contributed by atoms with Gasteiger partial charge in [0, 0.05) is 12.4 Å². The predicted molar refractivity (Wildman–Crippen MR) is 69.8 cm³/mol. The molecule has 0 aliphatic rings. The molecule has 0 aliphatic carbocycles. The van der Waals surface area contributed by atoms with Crippen LogP contribution >= 0.6 is 11.8 Å². The Morgan fingerprint density at radius 3 is 2.50 bits per heavy atom. The van der Waals surface area contributed by atoms with Crippen molar-refractivity contribution < 1.29 is 19.8 Å². The van der Waals surface area contributed by atoms with Crippen molar-refractivity contribution in [3.63, 3.8) is 0 Å². The molecular weight excluding hydrogens is 256 g/mol. The predicted octanol–water partition coefficient (Wildman–Crippen LogP) is 0.931. The van der Waals surface area contributed by atoms with E-state index in [1.54, 1.807) is 17.8 Å². The zero-order chi connectivity index (χ0) is 14.0. The first-order valence-corrected chi connectivity index (χ1v) is 6.49. The lowest BCUT2D eigenvalue weighted by molar-refractivity contribution is -0.138. The summed E-state index contributed by atoms with van der Waals surface area (Å²) in [5.41, 5.74) is 5.41. The van der Waals surface area contributed by atoms with Crippen molar-refractivity contribution in [2.45, 2.75) is 12.5 Å². The number of hydrogen-bond donors (Lipinski definition) is 3. The van der Waals surface area contributed by atoms with E-state index in [0.717, 1.165) is 5.75 Å². The number of rotatable bonds is 5. The Morgan fingerprint density at radius 1 is 1.50 bits per heavy atom. The molecule has 6 nitrogen and oxygen atoms in total. The first kappa shape index (κ1) is 16.4. The number of hydrogen-bond acceptors (Lipinski definition) is 5. The lowest BCUT2D eigenvalue weighted by atomic mass is 10.2. The standard InChI is InChI=1S/C6H5NO2.C5H11NO2S/c8-6(9)5-2-1-3-7-4-5;1-9-3-2-4(6)5(7)8/h1-4H,(H,8,9);4H,2-3,6H2,1H3,(H,7,8)/t;4-/m.0/s1. The number of nitrogens with zero attached hydrogens (tertiary/aromatic N) is 1. The molecule has 0 spiro atoms. The van der Waals surface area contributed by atoms with Crippen LogP contribution in [-0.4, -0.2) is 45.2 Å². The Labute approximate surface area is 109 Å². The van der Waals surface area contributed by atoms with E-state index in [2.05, 4.69) is 4.98 Å². The van der Waals surface area contributed by atoms with Crippen molar-refractivity contribution in [1.82, 2.24) is 4.98 Å². The van der Waals surface area contributed by atoms with Gasteiger partial charge in [0.2, 0.25) is 0 Å². The zero-order valence-electron chi connectivity index (χ0n) is 9.94. The molecule has 0 saturated heterocycles. The molecule has 1 heterocycles. The number of aliphatic carboxylic acids is 1. The van der Waals surface area contributed by atoms with Gasteiger partial charge >= 0.3 is 11.9 Å². The molecule has 0 aromatic carbocycles. The average molecular weight is 272 g/mol. The Balaban J connectivity index is 0.000000321. The van der Waals surface area contributed by atoms with Gasteiger partial charge in [0.05, 0.1) is 5.56 Å². The molecule has 0 amide bonds. The van der Waals surface area contributed by atoms with Crippen LogP contribution in [0, 0.1) is 0 Å². The van der Waals surface area contributed by atoms with Crippen molar-refractivity contribution in [3.05, 3.63) is 30.1 Å². The fraction of sp³-hybridized carbons (Fsp3) is 0.364. The molecule has 100 valence electrons. The summed E-state index contributed by atoms with van der Waals surface area (Å²) in [6, 6.07) is 2.40. The summed E-state index contributed by atoms with van der Waals surface area (Å²) in [5, 5.41) is 16.6. The van der Waals surface area contributed by atoms with Gasteiger partial charge in [0.15, 0.2) is 0 Å². The molecular formula is C11H16N2O4S. The number of carbonyl (C=O) groups is 2. The van der Waals surface area contributed by atoms with Crippen LogP contribution < -0.4 is 5.73 Å². The van der Waals surface area contributed by atoms with Crippen molar-refractivity contribution >= 4 is 23.7 Å². The first-order valence-electron chi connectivity index (χ1n) is 5.09. The van der Waals surface area contributed by atoms with Crippen LogP contribution in [0.25, 0.3) is 0 Å². The lowest BCUT2D eigenvalue weighted by Gasteiger charge is -2.02. The van der Waals surface area contributed by atoms with Gasteiger partial charge in [-0.15, -0.1) is 0 Å². The maximum Gasteiger partial charge on any atom is 0.337 e. The summed E-state index contributed by atoms with van der Waals surface area (Å²) in [6.45, 7) is 0. The highest BCUT2D eigenvalue weighted by molar-refractivity contribution is 7.98. The third kappa shape index (κ3) is 7.64. The largest absolute Gasteiger partial charge is 0.480 e. The van der Waals surface area contributed by atoms with Crippen LogP contribution in [0.1, 0.15) is 16.8 Å². The minimum atomic E-state index is -0.942. The number of nitrogens with two attached hydrogens (primary N) is 1. The Bertz CT molecular complexity index is 373. The SMILES string of the molecule is CSCC[C@H](N)C(=O)O.O=C(O)c1cccnc1. The van der Waals surface area contributed by atoms with Crippen molar-refractivity contribution in [2.24, 2.45) is 5.73 Å². The van der Waals surface area contributed by atoms with E-state index < -0.39 is 18.0 Å². The average Bonchev–Trinajstić information content (AvgIpc) is 2.37. The van der Waals surface area contributed by atoms with Crippen LogP contribution in [0.4, 0.5) is 0 Å². The van der Waals surface area contributed by atoms with Gasteiger partial charge in [-0.25, -0.2) is 4.79 Å². The number of carboxylic acid groups (broad SMARTS) is 2. The number of aromatic carboxylic acids is 1. The Morgan fingerprint density at radius 2 is 2.17 bits per heavy atom. The smallest absolute Gasteiger partial charge is 0.337 e. The van der Waals surface area contributed by atoms with Gasteiger partial charge in [-0.3, -0.25) is 9.78 Å². The lowest BCUT2D eigenvalue weighted by Crippen LogP contribution is -2.30. The third-order valence-electron chi connectivity index (χ3n) is 1.86. The normalized spacial score (nSPS) is 11.0. The van der Waals surface area contributed by atoms with Gasteiger partial charge < -0.3 is 15.9 Å². The molecule has 0 bridgehead atoms. The third-order valence-corrected chi connectivity index (χ3v) is 2.50. The topological polar surface area (TPSA) is 114 Å². The summed E-state index contributed by atoms with van der Waals surface area (Å²) >= 11 is 1.60. The van der Waals surface area contributed by atoms with E-state index in [4.69, 9.17) is 15.9 Å². The van der Waals surface area contributed by atoms with E-state index in [1.807, 2.05) is 6.26 Å². The van der Waals surface area contributed by atoms with E-state index >= 15 is 0 Å². The van der Waals surface area contributed by atoms with E-state index in [-0.39, 0.29) is 5.56 Å². The minimum Gasteiger partial charge on any atom is -0.480 e. The van der Waals surface area contributed by atoms with Gasteiger partial charge in [-0.1, -0.05) is 0 Å². The second kappa shape index (κ2) is 9.43. The Hall–Kier alpha value is -1.60. The highest BCUT2D eigenvalue weighted by atomic mass is 32.2.